The van der Waals surface area contributed by atoms with Crippen LogP contribution in [-0.4, -0.2) is 29.1 Å². The first-order valence-corrected chi connectivity index (χ1v) is 6.22. The minimum Gasteiger partial charge on any atom is -0.481 e. The van der Waals surface area contributed by atoms with Crippen molar-refractivity contribution in [3.05, 3.63) is 32.3 Å². The van der Waals surface area contributed by atoms with E-state index in [1.165, 1.54) is 12.1 Å². The van der Waals surface area contributed by atoms with E-state index in [4.69, 9.17) is 28.3 Å². The van der Waals surface area contributed by atoms with Crippen LogP contribution in [0.25, 0.3) is 0 Å². The lowest BCUT2D eigenvalue weighted by molar-refractivity contribution is -0.384. The molecule has 0 amide bonds. The standard InChI is InChI=1S/C11H12Cl2N2O4/c1-2-14(4-3-10(16)17)11-8(12)5-7(15(18)19)6-9(11)13/h5-6H,2-4H2,1H3,(H,16,17). The summed E-state index contributed by atoms with van der Waals surface area (Å²) in [6.45, 7) is 2.53. The van der Waals surface area contributed by atoms with Gasteiger partial charge in [0.05, 0.1) is 27.1 Å². The molecule has 104 valence electrons. The van der Waals surface area contributed by atoms with Gasteiger partial charge in [-0.05, 0) is 6.92 Å². The summed E-state index contributed by atoms with van der Waals surface area (Å²) in [7, 11) is 0. The molecule has 1 aromatic rings. The van der Waals surface area contributed by atoms with Crippen LogP contribution >= 0.6 is 23.2 Å². The third-order valence-electron chi connectivity index (χ3n) is 2.51. The van der Waals surface area contributed by atoms with Crippen LogP contribution in [0.3, 0.4) is 0 Å². The fourth-order valence-electron chi connectivity index (χ4n) is 1.62. The van der Waals surface area contributed by atoms with Gasteiger partial charge in [-0.1, -0.05) is 23.2 Å². The number of carboxylic acids is 1. The number of non-ortho nitro benzene ring substituents is 1. The minimum atomic E-state index is -0.937. The Hall–Kier alpha value is -1.53. The summed E-state index contributed by atoms with van der Waals surface area (Å²) in [6, 6.07) is 2.40. The van der Waals surface area contributed by atoms with E-state index in [1.807, 2.05) is 6.92 Å². The van der Waals surface area contributed by atoms with Crippen molar-refractivity contribution >= 4 is 40.5 Å². The number of carbonyl (C=O) groups is 1. The highest BCUT2D eigenvalue weighted by molar-refractivity contribution is 6.39. The van der Waals surface area contributed by atoms with E-state index in [9.17, 15) is 14.9 Å². The number of benzene rings is 1. The molecule has 0 aliphatic carbocycles. The zero-order valence-corrected chi connectivity index (χ0v) is 11.6. The van der Waals surface area contributed by atoms with Crippen molar-refractivity contribution in [2.45, 2.75) is 13.3 Å². The van der Waals surface area contributed by atoms with Crippen molar-refractivity contribution in [1.29, 1.82) is 0 Å². The van der Waals surface area contributed by atoms with Gasteiger partial charge in [0.2, 0.25) is 0 Å². The van der Waals surface area contributed by atoms with Crippen LogP contribution in [0.15, 0.2) is 12.1 Å². The van der Waals surface area contributed by atoms with E-state index in [0.717, 1.165) is 0 Å². The summed E-state index contributed by atoms with van der Waals surface area (Å²) in [6.07, 6.45) is -0.0719. The maximum Gasteiger partial charge on any atom is 0.305 e. The molecule has 0 aromatic heterocycles. The van der Waals surface area contributed by atoms with E-state index in [-0.39, 0.29) is 28.7 Å². The molecule has 1 N–H and O–H groups in total. The molecule has 0 aliphatic rings. The molecule has 0 radical (unpaired) electrons. The van der Waals surface area contributed by atoms with E-state index in [0.29, 0.717) is 12.2 Å². The first kappa shape index (κ1) is 15.5. The van der Waals surface area contributed by atoms with Gasteiger partial charge < -0.3 is 10.0 Å². The van der Waals surface area contributed by atoms with Crippen LogP contribution in [0.1, 0.15) is 13.3 Å². The van der Waals surface area contributed by atoms with Crippen molar-refractivity contribution < 1.29 is 14.8 Å². The van der Waals surface area contributed by atoms with Crippen molar-refractivity contribution in [3.63, 3.8) is 0 Å². The minimum absolute atomic E-state index is 0.0719. The molecule has 0 atom stereocenters. The Bertz CT molecular complexity index is 484. The van der Waals surface area contributed by atoms with Gasteiger partial charge >= 0.3 is 5.97 Å². The maximum absolute atomic E-state index is 10.7. The van der Waals surface area contributed by atoms with Crippen molar-refractivity contribution in [3.8, 4) is 0 Å². The largest absolute Gasteiger partial charge is 0.481 e. The molecule has 0 fully saturated rings. The fourth-order valence-corrected chi connectivity index (χ4v) is 2.33. The van der Waals surface area contributed by atoms with Gasteiger partial charge in [0.25, 0.3) is 5.69 Å². The van der Waals surface area contributed by atoms with E-state index in [1.54, 1.807) is 4.90 Å². The summed E-state index contributed by atoms with van der Waals surface area (Å²) in [5, 5.41) is 19.6. The SMILES string of the molecule is CCN(CCC(=O)O)c1c(Cl)cc([N+](=O)[O-])cc1Cl. The number of aliphatic carboxylic acids is 1. The lowest BCUT2D eigenvalue weighted by Crippen LogP contribution is -2.26. The maximum atomic E-state index is 10.7. The summed E-state index contributed by atoms with van der Waals surface area (Å²) in [5.41, 5.74) is 0.214. The van der Waals surface area contributed by atoms with Gasteiger partial charge in [0.1, 0.15) is 0 Å². The van der Waals surface area contributed by atoms with Crippen molar-refractivity contribution in [1.82, 2.24) is 0 Å². The van der Waals surface area contributed by atoms with Gasteiger partial charge in [0.15, 0.2) is 0 Å². The van der Waals surface area contributed by atoms with Crippen LogP contribution in [0.2, 0.25) is 10.0 Å². The molecule has 8 heteroatoms. The molecular formula is C11H12Cl2N2O4. The highest BCUT2D eigenvalue weighted by Crippen LogP contribution is 2.37. The normalized spacial score (nSPS) is 10.3. The van der Waals surface area contributed by atoms with Crippen LogP contribution < -0.4 is 4.90 Å². The molecule has 19 heavy (non-hydrogen) atoms. The number of hydrogen-bond donors (Lipinski definition) is 1. The number of hydrogen-bond acceptors (Lipinski definition) is 4. The average molecular weight is 307 g/mol. The van der Waals surface area contributed by atoms with Gasteiger partial charge in [-0.25, -0.2) is 0 Å². The Labute approximate surface area is 119 Å². The van der Waals surface area contributed by atoms with Gasteiger partial charge in [-0.3, -0.25) is 14.9 Å². The Morgan fingerprint density at radius 3 is 2.32 bits per heavy atom. The molecule has 0 saturated carbocycles. The van der Waals surface area contributed by atoms with E-state index in [2.05, 4.69) is 0 Å². The third kappa shape index (κ3) is 3.97. The fraction of sp³-hybridized carbons (Fsp3) is 0.364. The molecule has 0 heterocycles. The number of nitrogens with zero attached hydrogens (tertiary/aromatic N) is 2. The van der Waals surface area contributed by atoms with Crippen LogP contribution in [0, 0.1) is 10.1 Å². The van der Waals surface area contributed by atoms with Gasteiger partial charge in [0, 0.05) is 25.2 Å². The second-order valence-corrected chi connectivity index (χ2v) is 4.55. The number of nitro benzene ring substituents is 1. The monoisotopic (exact) mass is 306 g/mol. The summed E-state index contributed by atoms with van der Waals surface area (Å²) >= 11 is 12.0. The second kappa shape index (κ2) is 6.58. The second-order valence-electron chi connectivity index (χ2n) is 3.74. The number of anilines is 1. The molecule has 1 aromatic carbocycles. The van der Waals surface area contributed by atoms with Crippen LogP contribution in [0.4, 0.5) is 11.4 Å². The Balaban J connectivity index is 3.10. The third-order valence-corrected chi connectivity index (χ3v) is 3.08. The molecule has 1 rings (SSSR count). The number of rotatable bonds is 6. The quantitative estimate of drug-likeness (QED) is 0.644. The van der Waals surface area contributed by atoms with Crippen molar-refractivity contribution in [2.75, 3.05) is 18.0 Å². The lowest BCUT2D eigenvalue weighted by atomic mass is 10.2. The Morgan fingerprint density at radius 1 is 1.42 bits per heavy atom. The smallest absolute Gasteiger partial charge is 0.305 e. The zero-order chi connectivity index (χ0) is 14.6. The van der Waals surface area contributed by atoms with Crippen molar-refractivity contribution in [2.24, 2.45) is 0 Å². The Morgan fingerprint density at radius 2 is 1.95 bits per heavy atom. The van der Waals surface area contributed by atoms with Crippen LogP contribution in [0.5, 0.6) is 0 Å². The molecule has 6 nitrogen and oxygen atoms in total. The van der Waals surface area contributed by atoms with Gasteiger partial charge in [-0.15, -0.1) is 0 Å². The molecule has 0 saturated heterocycles. The Kier molecular flexibility index (Phi) is 5.38. The first-order chi connectivity index (χ1) is 8.86. The predicted molar refractivity (Wildman–Crippen MR) is 73.3 cm³/mol. The molecule has 0 aliphatic heterocycles. The van der Waals surface area contributed by atoms with Crippen LogP contribution in [-0.2, 0) is 4.79 Å². The lowest BCUT2D eigenvalue weighted by Gasteiger charge is -2.24. The first-order valence-electron chi connectivity index (χ1n) is 5.47. The molecule has 0 bridgehead atoms. The average Bonchev–Trinajstić information content (AvgIpc) is 2.31. The highest BCUT2D eigenvalue weighted by Gasteiger charge is 2.19. The zero-order valence-electron chi connectivity index (χ0n) is 10.1. The highest BCUT2D eigenvalue weighted by atomic mass is 35.5. The molecular weight excluding hydrogens is 295 g/mol. The van der Waals surface area contributed by atoms with E-state index < -0.39 is 10.9 Å². The summed E-state index contributed by atoms with van der Waals surface area (Å²) in [4.78, 5) is 22.3. The number of carboxylic acid groups (broad SMARTS) is 1. The molecule has 0 unspecified atom stereocenters. The topological polar surface area (TPSA) is 83.7 Å². The predicted octanol–water partition coefficient (Wildman–Crippen LogP) is 3.20. The summed E-state index contributed by atoms with van der Waals surface area (Å²) in [5.74, 6) is -0.937. The van der Waals surface area contributed by atoms with E-state index >= 15 is 0 Å². The number of nitro groups is 1. The molecule has 0 spiro atoms. The van der Waals surface area contributed by atoms with Gasteiger partial charge in [-0.2, -0.15) is 0 Å². The number of halogens is 2. The summed E-state index contributed by atoms with van der Waals surface area (Å²) < 4.78 is 0.